The van der Waals surface area contributed by atoms with E-state index in [0.29, 0.717) is 19.1 Å². The summed E-state index contributed by atoms with van der Waals surface area (Å²) in [4.78, 5) is 17.3. The van der Waals surface area contributed by atoms with E-state index >= 15 is 0 Å². The molecule has 4 rings (SSSR count). The van der Waals surface area contributed by atoms with E-state index in [4.69, 9.17) is 9.47 Å². The van der Waals surface area contributed by atoms with E-state index in [0.717, 1.165) is 34.9 Å². The summed E-state index contributed by atoms with van der Waals surface area (Å²) in [7, 11) is 2.20. The van der Waals surface area contributed by atoms with Crippen LogP contribution in [0, 0.1) is 0 Å². The van der Waals surface area contributed by atoms with Crippen molar-refractivity contribution in [3.8, 4) is 11.5 Å². The van der Waals surface area contributed by atoms with Crippen LogP contribution in [0.3, 0.4) is 0 Å². The third kappa shape index (κ3) is 5.31. The van der Waals surface area contributed by atoms with Gasteiger partial charge < -0.3 is 19.7 Å². The van der Waals surface area contributed by atoms with Gasteiger partial charge >= 0.3 is 6.03 Å². The average molecular weight is 424 g/mol. The van der Waals surface area contributed by atoms with Gasteiger partial charge in [-0.2, -0.15) is 0 Å². The second-order valence-electron chi connectivity index (χ2n) is 8.50. The molecule has 2 aromatic rings. The Morgan fingerprint density at radius 1 is 1.03 bits per heavy atom. The molecule has 0 aromatic heterocycles. The zero-order valence-corrected chi connectivity index (χ0v) is 18.6. The first-order valence-corrected chi connectivity index (χ1v) is 11.4. The van der Waals surface area contributed by atoms with Crippen LogP contribution in [0.5, 0.6) is 11.5 Å². The van der Waals surface area contributed by atoms with Gasteiger partial charge in [-0.05, 0) is 56.1 Å². The summed E-state index contributed by atoms with van der Waals surface area (Å²) in [6.45, 7) is 4.22. The maximum Gasteiger partial charge on any atom is 0.322 e. The summed E-state index contributed by atoms with van der Waals surface area (Å²) in [6.07, 6.45) is 6.53. The number of carbonyl (C=O) groups excluding carboxylic acids is 1. The van der Waals surface area contributed by atoms with E-state index in [1.54, 1.807) is 4.90 Å². The lowest BCUT2D eigenvalue weighted by Gasteiger charge is -2.31. The number of urea groups is 1. The van der Waals surface area contributed by atoms with Gasteiger partial charge in [0, 0.05) is 31.4 Å². The van der Waals surface area contributed by atoms with Crippen molar-refractivity contribution >= 4 is 11.7 Å². The molecule has 0 unspecified atom stereocenters. The quantitative estimate of drug-likeness (QED) is 0.662. The lowest BCUT2D eigenvalue weighted by atomic mass is 9.94. The second-order valence-corrected chi connectivity index (χ2v) is 8.50. The molecule has 1 fully saturated rings. The summed E-state index contributed by atoms with van der Waals surface area (Å²) in [5.74, 6) is 1.50. The zero-order valence-electron chi connectivity index (χ0n) is 18.6. The maximum atomic E-state index is 13.1. The average Bonchev–Trinajstić information content (AvgIpc) is 3.27. The van der Waals surface area contributed by atoms with Crippen molar-refractivity contribution in [2.24, 2.45) is 0 Å². The van der Waals surface area contributed by atoms with E-state index in [2.05, 4.69) is 23.3 Å². The smallest absolute Gasteiger partial charge is 0.322 e. The number of anilines is 1. The van der Waals surface area contributed by atoms with Crippen LogP contribution >= 0.6 is 0 Å². The Bertz CT molecular complexity index is 895. The Hall–Kier alpha value is -2.73. The lowest BCUT2D eigenvalue weighted by molar-refractivity contribution is 0.174. The molecular weight excluding hydrogens is 390 g/mol. The van der Waals surface area contributed by atoms with Crippen LogP contribution in [0.2, 0.25) is 0 Å². The molecule has 1 heterocycles. The topological polar surface area (TPSA) is 54.0 Å². The molecule has 1 N–H and O–H groups in total. The van der Waals surface area contributed by atoms with Gasteiger partial charge in [0.1, 0.15) is 0 Å². The highest BCUT2D eigenvalue weighted by Crippen LogP contribution is 2.33. The van der Waals surface area contributed by atoms with Crippen LogP contribution < -0.4 is 14.8 Å². The third-order valence-electron chi connectivity index (χ3n) is 6.36. The maximum absolute atomic E-state index is 13.1. The molecule has 31 heavy (non-hydrogen) atoms. The van der Waals surface area contributed by atoms with E-state index in [-0.39, 0.29) is 12.8 Å². The summed E-state index contributed by atoms with van der Waals surface area (Å²) in [6, 6.07) is 14.5. The van der Waals surface area contributed by atoms with Crippen molar-refractivity contribution in [1.29, 1.82) is 0 Å². The summed E-state index contributed by atoms with van der Waals surface area (Å²) in [5.41, 5.74) is 3.06. The van der Waals surface area contributed by atoms with E-state index in [9.17, 15) is 4.79 Å². The molecule has 1 saturated carbocycles. The van der Waals surface area contributed by atoms with E-state index in [1.165, 1.54) is 32.1 Å². The summed E-state index contributed by atoms with van der Waals surface area (Å²) in [5, 5.41) is 3.15. The normalized spacial score (nSPS) is 15.8. The molecule has 2 aromatic carbocycles. The van der Waals surface area contributed by atoms with Crippen molar-refractivity contribution in [2.75, 3.05) is 25.7 Å². The van der Waals surface area contributed by atoms with Crippen LogP contribution in [-0.4, -0.2) is 42.3 Å². The van der Waals surface area contributed by atoms with Gasteiger partial charge in [0.25, 0.3) is 0 Å². The molecule has 0 spiro atoms. The van der Waals surface area contributed by atoms with E-state index < -0.39 is 0 Å². The fraction of sp³-hybridized carbons (Fsp3) is 0.480. The number of nitrogens with one attached hydrogen (secondary N) is 1. The second kappa shape index (κ2) is 10.1. The van der Waals surface area contributed by atoms with Crippen molar-refractivity contribution in [3.63, 3.8) is 0 Å². The predicted octanol–water partition coefficient (Wildman–Crippen LogP) is 5.23. The fourth-order valence-corrected chi connectivity index (χ4v) is 4.48. The van der Waals surface area contributed by atoms with Gasteiger partial charge in [-0.1, -0.05) is 43.5 Å². The van der Waals surface area contributed by atoms with Crippen molar-refractivity contribution in [3.05, 3.63) is 53.6 Å². The minimum Gasteiger partial charge on any atom is -0.454 e. The molecule has 0 saturated heterocycles. The van der Waals surface area contributed by atoms with Crippen molar-refractivity contribution in [2.45, 2.75) is 58.2 Å². The fourth-order valence-electron chi connectivity index (χ4n) is 4.48. The van der Waals surface area contributed by atoms with Crippen LogP contribution in [0.15, 0.2) is 42.5 Å². The van der Waals surface area contributed by atoms with Gasteiger partial charge in [-0.15, -0.1) is 0 Å². The van der Waals surface area contributed by atoms with Crippen molar-refractivity contribution < 1.29 is 14.3 Å². The highest BCUT2D eigenvalue weighted by Gasteiger charge is 2.20. The van der Waals surface area contributed by atoms with E-state index in [1.807, 2.05) is 43.3 Å². The first-order valence-electron chi connectivity index (χ1n) is 11.4. The highest BCUT2D eigenvalue weighted by molar-refractivity contribution is 5.90. The Morgan fingerprint density at radius 2 is 1.81 bits per heavy atom. The van der Waals surface area contributed by atoms with Crippen LogP contribution in [0.25, 0.3) is 0 Å². The number of carbonyl (C=O) groups is 1. The van der Waals surface area contributed by atoms with Gasteiger partial charge in [-0.25, -0.2) is 4.79 Å². The standard InChI is InChI=1S/C25H33N3O3/c1-3-28(16-19-13-14-23-24(15-19)31-18-30-23)25(29)26-22-12-8-7-9-20(22)17-27(2)21-10-5-4-6-11-21/h7-9,12-15,21H,3-6,10-11,16-18H2,1-2H3,(H,26,29). The lowest BCUT2D eigenvalue weighted by Crippen LogP contribution is -2.35. The Balaban J connectivity index is 1.41. The number of fused-ring (bicyclic) bond motifs is 1. The molecular formula is C25H33N3O3. The Morgan fingerprint density at radius 3 is 2.61 bits per heavy atom. The molecule has 1 aliphatic carbocycles. The molecule has 0 atom stereocenters. The van der Waals surface area contributed by atoms with Crippen LogP contribution in [0.1, 0.15) is 50.2 Å². The minimum atomic E-state index is -0.0899. The number of benzene rings is 2. The molecule has 2 aliphatic rings. The molecule has 0 radical (unpaired) electrons. The first-order chi connectivity index (χ1) is 15.1. The molecule has 166 valence electrons. The van der Waals surface area contributed by atoms with Gasteiger partial charge in [-0.3, -0.25) is 4.90 Å². The van der Waals surface area contributed by atoms with Crippen LogP contribution in [0.4, 0.5) is 10.5 Å². The van der Waals surface area contributed by atoms with Crippen molar-refractivity contribution in [1.82, 2.24) is 9.80 Å². The first kappa shape index (κ1) is 21.5. The predicted molar refractivity (Wildman–Crippen MR) is 122 cm³/mol. The van der Waals surface area contributed by atoms with Gasteiger partial charge in [0.15, 0.2) is 11.5 Å². The molecule has 6 heteroatoms. The molecule has 0 bridgehead atoms. The molecule has 6 nitrogen and oxygen atoms in total. The Labute approximate surface area is 185 Å². The number of amides is 2. The minimum absolute atomic E-state index is 0.0899. The number of nitrogens with zero attached hydrogens (tertiary/aromatic N) is 2. The molecule has 2 amide bonds. The highest BCUT2D eigenvalue weighted by atomic mass is 16.7. The molecule has 1 aliphatic heterocycles. The number of para-hydroxylation sites is 1. The summed E-state index contributed by atoms with van der Waals surface area (Å²) >= 11 is 0. The number of hydrogen-bond donors (Lipinski definition) is 1. The Kier molecular flexibility index (Phi) is 6.97. The largest absolute Gasteiger partial charge is 0.454 e. The van der Waals surface area contributed by atoms with Crippen LogP contribution in [-0.2, 0) is 13.1 Å². The number of hydrogen-bond acceptors (Lipinski definition) is 4. The zero-order chi connectivity index (χ0) is 21.6. The third-order valence-corrected chi connectivity index (χ3v) is 6.36. The SMILES string of the molecule is CCN(Cc1ccc2c(c1)OCO2)C(=O)Nc1ccccc1CN(C)C1CCCCC1. The number of ether oxygens (including phenoxy) is 2. The monoisotopic (exact) mass is 423 g/mol. The summed E-state index contributed by atoms with van der Waals surface area (Å²) < 4.78 is 10.8. The van der Waals surface area contributed by atoms with Gasteiger partial charge in [0.05, 0.1) is 0 Å². The van der Waals surface area contributed by atoms with Gasteiger partial charge in [0.2, 0.25) is 6.79 Å². The number of rotatable bonds is 7.